The maximum Gasteiger partial charge on any atom is 0.170 e. The molecule has 0 amide bonds. The molecule has 0 radical (unpaired) electrons. The summed E-state index contributed by atoms with van der Waals surface area (Å²) in [5.74, 6) is -0.226. The minimum Gasteiger partial charge on any atom is -0.362 e. The number of aryl methyl sites for hydroxylation is 1. The average Bonchev–Trinajstić information content (AvgIpc) is 2.29. The summed E-state index contributed by atoms with van der Waals surface area (Å²) in [4.78, 5) is 2.12. The van der Waals surface area contributed by atoms with Gasteiger partial charge in [0.25, 0.3) is 0 Å². The molecule has 1 aromatic rings. The van der Waals surface area contributed by atoms with Crippen molar-refractivity contribution in [3.63, 3.8) is 0 Å². The van der Waals surface area contributed by atoms with E-state index < -0.39 is 0 Å². The van der Waals surface area contributed by atoms with Crippen molar-refractivity contribution in [3.05, 3.63) is 29.6 Å². The summed E-state index contributed by atoms with van der Waals surface area (Å²) in [7, 11) is 4.07. The van der Waals surface area contributed by atoms with Crippen molar-refractivity contribution in [3.8, 4) is 0 Å². The molecule has 0 unspecified atom stereocenters. The molecule has 0 saturated carbocycles. The molecule has 0 aliphatic rings. The van der Waals surface area contributed by atoms with E-state index in [1.165, 1.54) is 6.07 Å². The van der Waals surface area contributed by atoms with Gasteiger partial charge in [-0.1, -0.05) is 6.07 Å². The molecule has 1 aromatic carbocycles. The predicted octanol–water partition coefficient (Wildman–Crippen LogP) is 2.37. The summed E-state index contributed by atoms with van der Waals surface area (Å²) < 4.78 is 13.3. The molecule has 0 spiro atoms. The van der Waals surface area contributed by atoms with Gasteiger partial charge in [-0.15, -0.1) is 0 Å². The molecular weight excluding hydrogens is 249 g/mol. The second kappa shape index (κ2) is 7.28. The van der Waals surface area contributed by atoms with Crippen LogP contribution in [0.3, 0.4) is 0 Å². The molecule has 0 saturated heterocycles. The highest BCUT2D eigenvalue weighted by molar-refractivity contribution is 7.80. The molecule has 0 bridgehead atoms. The van der Waals surface area contributed by atoms with E-state index >= 15 is 0 Å². The van der Waals surface area contributed by atoms with Crippen LogP contribution < -0.4 is 10.6 Å². The second-order valence-electron chi connectivity index (χ2n) is 4.50. The lowest BCUT2D eigenvalue weighted by molar-refractivity contribution is 0.400. The Balaban J connectivity index is 2.33. The van der Waals surface area contributed by atoms with Crippen molar-refractivity contribution in [1.82, 2.24) is 10.2 Å². The van der Waals surface area contributed by atoms with Crippen molar-refractivity contribution in [1.29, 1.82) is 0 Å². The highest BCUT2D eigenvalue weighted by Gasteiger charge is 2.01. The molecule has 0 heterocycles. The zero-order chi connectivity index (χ0) is 13.5. The number of benzene rings is 1. The minimum atomic E-state index is -0.226. The van der Waals surface area contributed by atoms with E-state index in [2.05, 4.69) is 15.5 Å². The summed E-state index contributed by atoms with van der Waals surface area (Å²) in [6.45, 7) is 3.55. The van der Waals surface area contributed by atoms with E-state index in [-0.39, 0.29) is 5.82 Å². The first kappa shape index (κ1) is 14.9. The average molecular weight is 269 g/mol. The smallest absolute Gasteiger partial charge is 0.170 e. The Morgan fingerprint density at radius 1 is 1.39 bits per heavy atom. The first-order chi connectivity index (χ1) is 8.49. The lowest BCUT2D eigenvalue weighted by Gasteiger charge is -2.12. The highest BCUT2D eigenvalue weighted by Crippen LogP contribution is 2.13. The molecule has 18 heavy (non-hydrogen) atoms. The van der Waals surface area contributed by atoms with E-state index in [0.29, 0.717) is 16.4 Å². The number of halogens is 1. The van der Waals surface area contributed by atoms with Gasteiger partial charge < -0.3 is 15.5 Å². The molecule has 2 N–H and O–H groups in total. The maximum absolute atomic E-state index is 13.3. The third kappa shape index (κ3) is 5.42. The highest BCUT2D eigenvalue weighted by atomic mass is 32.1. The lowest BCUT2D eigenvalue weighted by atomic mass is 10.2. The van der Waals surface area contributed by atoms with Crippen LogP contribution in [0.4, 0.5) is 10.1 Å². The van der Waals surface area contributed by atoms with Crippen LogP contribution in [-0.2, 0) is 0 Å². The van der Waals surface area contributed by atoms with Crippen molar-refractivity contribution in [2.75, 3.05) is 32.5 Å². The van der Waals surface area contributed by atoms with E-state index in [4.69, 9.17) is 12.2 Å². The van der Waals surface area contributed by atoms with Crippen LogP contribution in [0.15, 0.2) is 18.2 Å². The largest absolute Gasteiger partial charge is 0.362 e. The van der Waals surface area contributed by atoms with Crippen LogP contribution in [0.25, 0.3) is 0 Å². The molecule has 5 heteroatoms. The number of anilines is 1. The Hall–Kier alpha value is -1.20. The molecule has 0 aliphatic heterocycles. The SMILES string of the molecule is Cc1ccc(NC(=S)NCCCN(C)C)cc1F. The maximum atomic E-state index is 13.3. The van der Waals surface area contributed by atoms with Crippen LogP contribution in [-0.4, -0.2) is 37.2 Å². The number of nitrogens with zero attached hydrogens (tertiary/aromatic N) is 1. The molecule has 100 valence electrons. The molecule has 0 aromatic heterocycles. The van der Waals surface area contributed by atoms with Crippen LogP contribution in [0.5, 0.6) is 0 Å². The van der Waals surface area contributed by atoms with Gasteiger partial charge >= 0.3 is 0 Å². The number of rotatable bonds is 5. The standard InChI is InChI=1S/C13H20FN3S/c1-10-5-6-11(9-12(10)14)16-13(18)15-7-4-8-17(2)3/h5-6,9H,4,7-8H2,1-3H3,(H2,15,16,18). The zero-order valence-electron chi connectivity index (χ0n) is 11.1. The molecular formula is C13H20FN3S. The molecule has 0 aliphatic carbocycles. The third-order valence-corrected chi connectivity index (χ3v) is 2.74. The van der Waals surface area contributed by atoms with Gasteiger partial charge in [-0.2, -0.15) is 0 Å². The fourth-order valence-corrected chi connectivity index (χ4v) is 1.66. The molecule has 0 atom stereocenters. The van der Waals surface area contributed by atoms with Crippen molar-refractivity contribution in [2.45, 2.75) is 13.3 Å². The van der Waals surface area contributed by atoms with Crippen molar-refractivity contribution in [2.24, 2.45) is 0 Å². The fourth-order valence-electron chi connectivity index (χ4n) is 1.44. The van der Waals surface area contributed by atoms with E-state index in [1.807, 2.05) is 20.2 Å². The minimum absolute atomic E-state index is 0.226. The summed E-state index contributed by atoms with van der Waals surface area (Å²) in [6.07, 6.45) is 1.01. The monoisotopic (exact) mass is 269 g/mol. The van der Waals surface area contributed by atoms with Gasteiger partial charge in [-0.3, -0.25) is 0 Å². The van der Waals surface area contributed by atoms with Gasteiger partial charge in [-0.05, 0) is 63.9 Å². The van der Waals surface area contributed by atoms with Gasteiger partial charge in [0.2, 0.25) is 0 Å². The van der Waals surface area contributed by atoms with Gasteiger partial charge in [0.05, 0.1) is 0 Å². The second-order valence-corrected chi connectivity index (χ2v) is 4.91. The lowest BCUT2D eigenvalue weighted by Crippen LogP contribution is -2.30. The van der Waals surface area contributed by atoms with Crippen molar-refractivity contribution < 1.29 is 4.39 Å². The zero-order valence-corrected chi connectivity index (χ0v) is 11.9. The van der Waals surface area contributed by atoms with E-state index in [1.54, 1.807) is 13.0 Å². The van der Waals surface area contributed by atoms with E-state index in [0.717, 1.165) is 19.5 Å². The topological polar surface area (TPSA) is 27.3 Å². The van der Waals surface area contributed by atoms with Gasteiger partial charge in [0, 0.05) is 12.2 Å². The Kier molecular flexibility index (Phi) is 6.01. The normalized spacial score (nSPS) is 10.5. The predicted molar refractivity (Wildman–Crippen MR) is 78.5 cm³/mol. The first-order valence-electron chi connectivity index (χ1n) is 5.95. The fraction of sp³-hybridized carbons (Fsp3) is 0.462. The first-order valence-corrected chi connectivity index (χ1v) is 6.35. The summed E-state index contributed by atoms with van der Waals surface area (Å²) in [5, 5.41) is 6.58. The Labute approximate surface area is 113 Å². The molecule has 0 fully saturated rings. The number of hydrogen-bond acceptors (Lipinski definition) is 2. The van der Waals surface area contributed by atoms with Crippen LogP contribution in [0.1, 0.15) is 12.0 Å². The third-order valence-electron chi connectivity index (χ3n) is 2.50. The van der Waals surface area contributed by atoms with Crippen molar-refractivity contribution >= 4 is 23.0 Å². The van der Waals surface area contributed by atoms with E-state index in [9.17, 15) is 4.39 Å². The summed E-state index contributed by atoms with van der Waals surface area (Å²) in [5.41, 5.74) is 1.30. The van der Waals surface area contributed by atoms with Crippen LogP contribution in [0, 0.1) is 12.7 Å². The molecule has 1 rings (SSSR count). The summed E-state index contributed by atoms with van der Waals surface area (Å²) in [6, 6.07) is 4.99. The Morgan fingerprint density at radius 3 is 2.72 bits per heavy atom. The number of hydrogen-bond donors (Lipinski definition) is 2. The van der Waals surface area contributed by atoms with Crippen LogP contribution >= 0.6 is 12.2 Å². The summed E-state index contributed by atoms with van der Waals surface area (Å²) >= 11 is 5.13. The Morgan fingerprint density at radius 2 is 2.11 bits per heavy atom. The quantitative estimate of drug-likeness (QED) is 0.634. The van der Waals surface area contributed by atoms with Gasteiger partial charge in [0.1, 0.15) is 5.82 Å². The Bertz CT molecular complexity index is 407. The van der Waals surface area contributed by atoms with Gasteiger partial charge in [-0.25, -0.2) is 4.39 Å². The van der Waals surface area contributed by atoms with Gasteiger partial charge in [0.15, 0.2) is 5.11 Å². The number of thiocarbonyl (C=S) groups is 1. The number of nitrogens with one attached hydrogen (secondary N) is 2. The molecule has 3 nitrogen and oxygen atoms in total. The van der Waals surface area contributed by atoms with Crippen LogP contribution in [0.2, 0.25) is 0 Å².